The summed E-state index contributed by atoms with van der Waals surface area (Å²) >= 11 is 5.94. The summed E-state index contributed by atoms with van der Waals surface area (Å²) in [6, 6.07) is 1.66. The molecular formula is C13H17ClO4. The summed E-state index contributed by atoms with van der Waals surface area (Å²) in [5.41, 5.74) is 0.317. The molecule has 0 aliphatic heterocycles. The van der Waals surface area contributed by atoms with Crippen molar-refractivity contribution in [3.63, 3.8) is 0 Å². The summed E-state index contributed by atoms with van der Waals surface area (Å²) in [6.07, 6.45) is 0.202. The molecule has 0 aliphatic rings. The van der Waals surface area contributed by atoms with E-state index >= 15 is 0 Å². The van der Waals surface area contributed by atoms with Crippen LogP contribution in [0.4, 0.5) is 0 Å². The molecule has 2 N–H and O–H groups in total. The number of hydrogen-bond acceptors (Lipinski definition) is 3. The van der Waals surface area contributed by atoms with Gasteiger partial charge in [-0.05, 0) is 38.8 Å². The number of carbonyl (C=O) groups is 1. The minimum absolute atomic E-state index is 0.0863. The molecule has 1 rings (SSSR count). The quantitative estimate of drug-likeness (QED) is 0.884. The third-order valence-corrected chi connectivity index (χ3v) is 3.22. The van der Waals surface area contributed by atoms with Gasteiger partial charge in [-0.1, -0.05) is 11.6 Å². The highest BCUT2D eigenvalue weighted by Crippen LogP contribution is 2.41. The number of carboxylic acids is 1. The predicted molar refractivity (Wildman–Crippen MR) is 69.5 cm³/mol. The monoisotopic (exact) mass is 272 g/mol. The van der Waals surface area contributed by atoms with E-state index in [1.807, 2.05) is 0 Å². The molecule has 0 bridgehead atoms. The maximum atomic E-state index is 11.1. The van der Waals surface area contributed by atoms with Gasteiger partial charge in [0.1, 0.15) is 0 Å². The molecule has 0 aromatic heterocycles. The number of ether oxygens (including phenoxy) is 1. The van der Waals surface area contributed by atoms with Crippen LogP contribution in [0.15, 0.2) is 6.07 Å². The fraction of sp³-hybridized carbons (Fsp3) is 0.462. The molecule has 18 heavy (non-hydrogen) atoms. The number of aliphatic carboxylic acids is 1. The average Bonchev–Trinajstić information content (AvgIpc) is 2.24. The van der Waals surface area contributed by atoms with Crippen molar-refractivity contribution in [1.29, 1.82) is 0 Å². The minimum Gasteiger partial charge on any atom is -0.504 e. The smallest absolute Gasteiger partial charge is 0.309 e. The van der Waals surface area contributed by atoms with E-state index in [1.165, 1.54) is 7.11 Å². The van der Waals surface area contributed by atoms with Gasteiger partial charge in [0.05, 0.1) is 17.5 Å². The van der Waals surface area contributed by atoms with Crippen LogP contribution in [0, 0.1) is 12.3 Å². The van der Waals surface area contributed by atoms with Crippen LogP contribution in [0.1, 0.15) is 25.0 Å². The SMILES string of the molecule is COc1c(Cl)cc(C)c(CC(C)(C)C(=O)O)c1O. The number of hydrogen-bond donors (Lipinski definition) is 2. The molecule has 100 valence electrons. The molecule has 1 aromatic rings. The molecule has 0 aliphatic carbocycles. The molecular weight excluding hydrogens is 256 g/mol. The molecule has 5 heteroatoms. The highest BCUT2D eigenvalue weighted by molar-refractivity contribution is 6.32. The van der Waals surface area contributed by atoms with Gasteiger partial charge >= 0.3 is 5.97 Å². The summed E-state index contributed by atoms with van der Waals surface area (Å²) in [5.74, 6) is -0.828. The number of rotatable bonds is 4. The maximum Gasteiger partial charge on any atom is 0.309 e. The first-order chi connectivity index (χ1) is 8.20. The van der Waals surface area contributed by atoms with Crippen molar-refractivity contribution in [1.82, 2.24) is 0 Å². The lowest BCUT2D eigenvalue weighted by molar-refractivity contribution is -0.146. The van der Waals surface area contributed by atoms with E-state index in [2.05, 4.69) is 0 Å². The van der Waals surface area contributed by atoms with Crippen molar-refractivity contribution in [2.24, 2.45) is 5.41 Å². The van der Waals surface area contributed by atoms with E-state index in [0.29, 0.717) is 10.6 Å². The topological polar surface area (TPSA) is 66.8 Å². The first-order valence-corrected chi connectivity index (χ1v) is 5.87. The largest absolute Gasteiger partial charge is 0.504 e. The second kappa shape index (κ2) is 5.06. The van der Waals surface area contributed by atoms with Crippen molar-refractivity contribution in [2.75, 3.05) is 7.11 Å². The van der Waals surface area contributed by atoms with E-state index in [1.54, 1.807) is 26.8 Å². The maximum absolute atomic E-state index is 11.1. The number of methoxy groups -OCH3 is 1. The van der Waals surface area contributed by atoms with Crippen LogP contribution in [-0.4, -0.2) is 23.3 Å². The summed E-state index contributed by atoms with van der Waals surface area (Å²) in [7, 11) is 1.41. The molecule has 0 saturated heterocycles. The first kappa shape index (κ1) is 14.6. The zero-order valence-corrected chi connectivity index (χ0v) is 11.6. The van der Waals surface area contributed by atoms with Crippen molar-refractivity contribution in [2.45, 2.75) is 27.2 Å². The normalized spacial score (nSPS) is 11.4. The molecule has 0 atom stereocenters. The van der Waals surface area contributed by atoms with Gasteiger partial charge in [0.15, 0.2) is 11.5 Å². The van der Waals surface area contributed by atoms with Crippen molar-refractivity contribution in [3.8, 4) is 11.5 Å². The predicted octanol–water partition coefficient (Wildman–Crippen LogP) is 3.02. The summed E-state index contributed by atoms with van der Waals surface area (Å²) in [4.78, 5) is 11.1. The Hall–Kier alpha value is -1.42. The van der Waals surface area contributed by atoms with Crippen LogP contribution in [0.5, 0.6) is 11.5 Å². The highest BCUT2D eigenvalue weighted by atomic mass is 35.5. The van der Waals surface area contributed by atoms with Crippen LogP contribution in [0.2, 0.25) is 5.02 Å². The Balaban J connectivity index is 3.30. The summed E-state index contributed by atoms with van der Waals surface area (Å²) in [6.45, 7) is 4.99. The van der Waals surface area contributed by atoms with E-state index in [4.69, 9.17) is 21.4 Å². The van der Waals surface area contributed by atoms with Gasteiger partial charge < -0.3 is 14.9 Å². The number of benzene rings is 1. The lowest BCUT2D eigenvalue weighted by Gasteiger charge is -2.22. The molecule has 4 nitrogen and oxygen atoms in total. The summed E-state index contributed by atoms with van der Waals surface area (Å²) in [5, 5.41) is 19.5. The number of halogens is 1. The van der Waals surface area contributed by atoms with Gasteiger partial charge in [0, 0.05) is 5.56 Å². The molecule has 0 spiro atoms. The highest BCUT2D eigenvalue weighted by Gasteiger charge is 2.30. The van der Waals surface area contributed by atoms with E-state index in [0.717, 1.165) is 5.56 Å². The van der Waals surface area contributed by atoms with Crippen molar-refractivity contribution in [3.05, 3.63) is 22.2 Å². The van der Waals surface area contributed by atoms with Crippen LogP contribution >= 0.6 is 11.6 Å². The zero-order chi connectivity index (χ0) is 14.1. The number of phenols is 1. The molecule has 0 saturated carbocycles. The Morgan fingerprint density at radius 3 is 2.50 bits per heavy atom. The minimum atomic E-state index is -0.971. The lowest BCUT2D eigenvalue weighted by Crippen LogP contribution is -2.26. The van der Waals surface area contributed by atoms with Gasteiger partial charge in [0.2, 0.25) is 0 Å². The molecule has 0 amide bonds. The standard InChI is InChI=1S/C13H17ClO4/c1-7-5-9(14)11(18-4)10(15)8(7)6-13(2,3)12(16)17/h5,15H,6H2,1-4H3,(H,16,17). The molecule has 0 radical (unpaired) electrons. The van der Waals surface area contributed by atoms with Gasteiger partial charge in [0.25, 0.3) is 0 Å². The van der Waals surface area contributed by atoms with Crippen LogP contribution < -0.4 is 4.74 Å². The van der Waals surface area contributed by atoms with E-state index in [-0.39, 0.29) is 17.9 Å². The Bertz CT molecular complexity index is 480. The van der Waals surface area contributed by atoms with Crippen LogP contribution in [0.25, 0.3) is 0 Å². The lowest BCUT2D eigenvalue weighted by atomic mass is 9.84. The Morgan fingerprint density at radius 1 is 1.50 bits per heavy atom. The third-order valence-electron chi connectivity index (χ3n) is 2.94. The average molecular weight is 273 g/mol. The number of carboxylic acid groups (broad SMARTS) is 1. The fourth-order valence-electron chi connectivity index (χ4n) is 1.71. The second-order valence-electron chi connectivity index (χ2n) is 4.90. The first-order valence-electron chi connectivity index (χ1n) is 5.49. The summed E-state index contributed by atoms with van der Waals surface area (Å²) < 4.78 is 5.02. The zero-order valence-electron chi connectivity index (χ0n) is 10.9. The van der Waals surface area contributed by atoms with Gasteiger partial charge in [-0.15, -0.1) is 0 Å². The van der Waals surface area contributed by atoms with Crippen molar-refractivity contribution < 1.29 is 19.7 Å². The Labute approximate surface area is 111 Å². The second-order valence-corrected chi connectivity index (χ2v) is 5.31. The number of phenolic OH excluding ortho intramolecular Hbond substituents is 1. The van der Waals surface area contributed by atoms with Gasteiger partial charge in [-0.2, -0.15) is 0 Å². The van der Waals surface area contributed by atoms with E-state index in [9.17, 15) is 9.90 Å². The molecule has 0 fully saturated rings. The van der Waals surface area contributed by atoms with Crippen LogP contribution in [0.3, 0.4) is 0 Å². The Kier molecular flexibility index (Phi) is 4.12. The van der Waals surface area contributed by atoms with Crippen molar-refractivity contribution >= 4 is 17.6 Å². The molecule has 0 unspecified atom stereocenters. The van der Waals surface area contributed by atoms with Crippen LogP contribution in [-0.2, 0) is 11.2 Å². The molecule has 1 aromatic carbocycles. The van der Waals surface area contributed by atoms with Gasteiger partial charge in [-0.3, -0.25) is 4.79 Å². The number of aryl methyl sites for hydroxylation is 1. The Morgan fingerprint density at radius 2 is 2.06 bits per heavy atom. The third kappa shape index (κ3) is 2.70. The number of aromatic hydroxyl groups is 1. The fourth-order valence-corrected chi connectivity index (χ4v) is 2.04. The molecule has 0 heterocycles. The van der Waals surface area contributed by atoms with E-state index < -0.39 is 11.4 Å². The van der Waals surface area contributed by atoms with Gasteiger partial charge in [-0.25, -0.2) is 0 Å².